The van der Waals surface area contributed by atoms with Crippen LogP contribution in [-0.2, 0) is 16.0 Å². The summed E-state index contributed by atoms with van der Waals surface area (Å²) in [6.45, 7) is 9.10. The van der Waals surface area contributed by atoms with Gasteiger partial charge in [-0.3, -0.25) is 0 Å². The molecule has 1 aliphatic rings. The van der Waals surface area contributed by atoms with E-state index in [1.54, 1.807) is 0 Å². The van der Waals surface area contributed by atoms with E-state index in [1.165, 1.54) is 0 Å². The van der Waals surface area contributed by atoms with Gasteiger partial charge < -0.3 is 19.8 Å². The van der Waals surface area contributed by atoms with Gasteiger partial charge in [-0.2, -0.15) is 0 Å². The molecule has 96 valence electrons. The van der Waals surface area contributed by atoms with Crippen molar-refractivity contribution in [1.29, 1.82) is 0 Å². The summed E-state index contributed by atoms with van der Waals surface area (Å²) in [5, 5.41) is 3.41. The van der Waals surface area contributed by atoms with Crippen molar-refractivity contribution in [3.63, 3.8) is 0 Å². The minimum atomic E-state index is -0.0489. The first-order valence-electron chi connectivity index (χ1n) is 6.03. The Bertz CT molecular complexity index is 351. The van der Waals surface area contributed by atoms with E-state index >= 15 is 0 Å². The smallest absolute Gasteiger partial charge is 0.138 e. The first kappa shape index (κ1) is 12.5. The van der Waals surface area contributed by atoms with Crippen molar-refractivity contribution in [2.24, 2.45) is 0 Å². The van der Waals surface area contributed by atoms with Crippen LogP contribution in [0.25, 0.3) is 0 Å². The number of ether oxygens (including phenoxy) is 2. The molecule has 5 nitrogen and oxygen atoms in total. The molecule has 0 saturated carbocycles. The molecule has 1 saturated heterocycles. The highest BCUT2D eigenvalue weighted by Crippen LogP contribution is 2.17. The molecule has 0 spiro atoms. The average molecular weight is 239 g/mol. The summed E-state index contributed by atoms with van der Waals surface area (Å²) >= 11 is 0. The maximum atomic E-state index is 5.58. The highest BCUT2D eigenvalue weighted by atomic mass is 16.6. The molecule has 0 aromatic carbocycles. The van der Waals surface area contributed by atoms with Crippen LogP contribution in [0.15, 0.2) is 6.20 Å². The van der Waals surface area contributed by atoms with Gasteiger partial charge in [0.1, 0.15) is 11.9 Å². The fourth-order valence-corrected chi connectivity index (χ4v) is 1.64. The summed E-state index contributed by atoms with van der Waals surface area (Å²) in [4.78, 5) is 7.62. The van der Waals surface area contributed by atoms with Crippen molar-refractivity contribution in [2.75, 3.05) is 19.8 Å². The zero-order chi connectivity index (χ0) is 12.3. The lowest BCUT2D eigenvalue weighted by Crippen LogP contribution is -2.35. The minimum absolute atomic E-state index is 0.0489. The summed E-state index contributed by atoms with van der Waals surface area (Å²) < 4.78 is 10.9. The molecular weight excluding hydrogens is 218 g/mol. The molecule has 1 aliphatic heterocycles. The molecular formula is C12H21N3O2. The maximum absolute atomic E-state index is 5.58. The topological polar surface area (TPSA) is 59.2 Å². The molecule has 2 heterocycles. The summed E-state index contributed by atoms with van der Waals surface area (Å²) in [5.41, 5.74) is 1.18. The van der Waals surface area contributed by atoms with Crippen LogP contribution >= 0.6 is 0 Å². The minimum Gasteiger partial charge on any atom is -0.376 e. The van der Waals surface area contributed by atoms with Gasteiger partial charge in [-0.1, -0.05) is 0 Å². The van der Waals surface area contributed by atoms with Crippen molar-refractivity contribution < 1.29 is 9.47 Å². The summed E-state index contributed by atoms with van der Waals surface area (Å²) in [5.74, 6) is 0.857. The zero-order valence-electron chi connectivity index (χ0n) is 10.7. The fourth-order valence-electron chi connectivity index (χ4n) is 1.64. The Morgan fingerprint density at radius 2 is 2.29 bits per heavy atom. The Morgan fingerprint density at radius 1 is 1.47 bits per heavy atom. The summed E-state index contributed by atoms with van der Waals surface area (Å²) in [6, 6.07) is 0. The first-order chi connectivity index (χ1) is 8.04. The number of hydrogen-bond donors (Lipinski definition) is 2. The number of nitrogens with zero attached hydrogens (tertiary/aromatic N) is 1. The molecule has 1 aromatic rings. The molecule has 0 radical (unpaired) electrons. The monoisotopic (exact) mass is 239 g/mol. The SMILES string of the molecule is CC(C)(C)NCc1cnc(C2COCCO2)[nH]1. The van der Waals surface area contributed by atoms with Crippen LogP contribution in [0.3, 0.4) is 0 Å². The van der Waals surface area contributed by atoms with Crippen LogP contribution in [-0.4, -0.2) is 35.3 Å². The number of nitrogens with one attached hydrogen (secondary N) is 2. The Balaban J connectivity index is 1.91. The molecule has 1 atom stereocenters. The van der Waals surface area contributed by atoms with E-state index in [4.69, 9.17) is 9.47 Å². The van der Waals surface area contributed by atoms with Crippen molar-refractivity contribution >= 4 is 0 Å². The van der Waals surface area contributed by atoms with E-state index in [-0.39, 0.29) is 11.6 Å². The second kappa shape index (κ2) is 5.16. The Hall–Kier alpha value is -0.910. The predicted octanol–water partition coefficient (Wildman–Crippen LogP) is 1.39. The first-order valence-corrected chi connectivity index (χ1v) is 6.03. The Kier molecular flexibility index (Phi) is 3.81. The van der Waals surface area contributed by atoms with Gasteiger partial charge in [-0.05, 0) is 20.8 Å². The van der Waals surface area contributed by atoms with E-state index in [2.05, 4.69) is 36.1 Å². The molecule has 2 rings (SSSR count). The third kappa shape index (κ3) is 3.80. The lowest BCUT2D eigenvalue weighted by atomic mass is 10.1. The van der Waals surface area contributed by atoms with Crippen LogP contribution < -0.4 is 5.32 Å². The van der Waals surface area contributed by atoms with E-state index in [9.17, 15) is 0 Å². The lowest BCUT2D eigenvalue weighted by Gasteiger charge is -2.21. The van der Waals surface area contributed by atoms with Gasteiger partial charge in [0.25, 0.3) is 0 Å². The van der Waals surface area contributed by atoms with Crippen molar-refractivity contribution in [1.82, 2.24) is 15.3 Å². The van der Waals surface area contributed by atoms with Crippen molar-refractivity contribution in [2.45, 2.75) is 39.0 Å². The number of imidazole rings is 1. The number of rotatable bonds is 3. The van der Waals surface area contributed by atoms with Gasteiger partial charge in [0.05, 0.1) is 19.8 Å². The quantitative estimate of drug-likeness (QED) is 0.836. The van der Waals surface area contributed by atoms with Crippen molar-refractivity contribution in [3.8, 4) is 0 Å². The predicted molar refractivity (Wildman–Crippen MR) is 64.7 cm³/mol. The molecule has 0 aliphatic carbocycles. The molecule has 2 N–H and O–H groups in total. The largest absolute Gasteiger partial charge is 0.376 e. The van der Waals surface area contributed by atoms with Gasteiger partial charge in [0.2, 0.25) is 0 Å². The number of aromatic nitrogens is 2. The van der Waals surface area contributed by atoms with E-state index in [0.717, 1.165) is 18.1 Å². The number of aromatic amines is 1. The normalized spacial score (nSPS) is 21.7. The molecule has 0 bridgehead atoms. The average Bonchev–Trinajstić information content (AvgIpc) is 2.75. The molecule has 0 amide bonds. The van der Waals surface area contributed by atoms with E-state index in [1.807, 2.05) is 6.20 Å². The van der Waals surface area contributed by atoms with Gasteiger partial charge in [-0.15, -0.1) is 0 Å². The number of hydrogen-bond acceptors (Lipinski definition) is 4. The summed E-state index contributed by atoms with van der Waals surface area (Å²) in [7, 11) is 0. The molecule has 1 aromatic heterocycles. The van der Waals surface area contributed by atoms with E-state index in [0.29, 0.717) is 19.8 Å². The standard InChI is InChI=1S/C12H21N3O2/c1-12(2,3)14-7-9-6-13-11(15-9)10-8-16-4-5-17-10/h6,10,14H,4-5,7-8H2,1-3H3,(H,13,15). The highest BCUT2D eigenvalue weighted by molar-refractivity contribution is 5.04. The molecule has 5 heteroatoms. The van der Waals surface area contributed by atoms with Crippen LogP contribution in [0, 0.1) is 0 Å². The zero-order valence-corrected chi connectivity index (χ0v) is 10.7. The second-order valence-corrected chi connectivity index (χ2v) is 5.33. The molecule has 17 heavy (non-hydrogen) atoms. The van der Waals surface area contributed by atoms with Crippen LogP contribution in [0.5, 0.6) is 0 Å². The lowest BCUT2D eigenvalue weighted by molar-refractivity contribution is -0.0932. The van der Waals surface area contributed by atoms with Gasteiger partial charge in [-0.25, -0.2) is 4.98 Å². The van der Waals surface area contributed by atoms with Gasteiger partial charge in [0, 0.05) is 24.0 Å². The fraction of sp³-hybridized carbons (Fsp3) is 0.750. The molecule has 1 fully saturated rings. The van der Waals surface area contributed by atoms with Gasteiger partial charge in [0.15, 0.2) is 0 Å². The van der Waals surface area contributed by atoms with Crippen LogP contribution in [0.4, 0.5) is 0 Å². The van der Waals surface area contributed by atoms with Gasteiger partial charge >= 0.3 is 0 Å². The van der Waals surface area contributed by atoms with Crippen LogP contribution in [0.2, 0.25) is 0 Å². The van der Waals surface area contributed by atoms with Crippen molar-refractivity contribution in [3.05, 3.63) is 17.7 Å². The highest BCUT2D eigenvalue weighted by Gasteiger charge is 2.19. The maximum Gasteiger partial charge on any atom is 0.138 e. The Labute approximate surface area is 102 Å². The third-order valence-electron chi connectivity index (χ3n) is 2.58. The number of H-pyrrole nitrogens is 1. The molecule has 1 unspecified atom stereocenters. The summed E-state index contributed by atoms with van der Waals surface area (Å²) in [6.07, 6.45) is 1.80. The Morgan fingerprint density at radius 3 is 2.94 bits per heavy atom. The van der Waals surface area contributed by atoms with Crippen LogP contribution in [0.1, 0.15) is 38.4 Å². The van der Waals surface area contributed by atoms with E-state index < -0.39 is 0 Å². The second-order valence-electron chi connectivity index (χ2n) is 5.33. The third-order valence-corrected chi connectivity index (χ3v) is 2.58.